The van der Waals surface area contributed by atoms with E-state index in [0.29, 0.717) is 34.2 Å². The molecule has 0 atom stereocenters. The summed E-state index contributed by atoms with van der Waals surface area (Å²) in [7, 11) is 4.38. The standard InChI is InChI=1S/C20H14F4N6S.C8H17N/c1-10-7-14(28-15-9-27-19(25)29-17(10)15)11-4-5-13(12(21)8-11)30-31-16-3-2-6-26-18(16)20(22,23)24;1-9(2)8-6-4-3-5-7-8/h2-9,30H,1H3,(H2,25,27,29);8H,3-7H2,1-2H3. The van der Waals surface area contributed by atoms with E-state index in [9.17, 15) is 17.6 Å². The van der Waals surface area contributed by atoms with Crippen LogP contribution in [0.3, 0.4) is 0 Å². The van der Waals surface area contributed by atoms with Gasteiger partial charge < -0.3 is 15.4 Å². The smallest absolute Gasteiger partial charge is 0.368 e. The number of halogens is 4. The quantitative estimate of drug-likeness (QED) is 0.192. The molecule has 0 aliphatic heterocycles. The Labute approximate surface area is 234 Å². The first-order chi connectivity index (χ1) is 19.0. The van der Waals surface area contributed by atoms with E-state index in [1.807, 2.05) is 6.92 Å². The van der Waals surface area contributed by atoms with Crippen molar-refractivity contribution in [2.45, 2.75) is 56.1 Å². The van der Waals surface area contributed by atoms with E-state index in [0.717, 1.165) is 17.8 Å². The highest BCUT2D eigenvalue weighted by atomic mass is 32.2. The molecule has 0 spiro atoms. The zero-order chi connectivity index (χ0) is 28.9. The Morgan fingerprint density at radius 1 is 1.02 bits per heavy atom. The van der Waals surface area contributed by atoms with Gasteiger partial charge in [0.15, 0.2) is 5.69 Å². The topological polar surface area (TPSA) is 92.8 Å². The van der Waals surface area contributed by atoms with Crippen molar-refractivity contribution in [2.75, 3.05) is 24.6 Å². The molecule has 212 valence electrons. The lowest BCUT2D eigenvalue weighted by molar-refractivity contribution is -0.143. The Hall–Kier alpha value is -3.51. The summed E-state index contributed by atoms with van der Waals surface area (Å²) in [6.07, 6.45) is 5.14. The first kappa shape index (κ1) is 29.5. The Kier molecular flexibility index (Phi) is 9.41. The van der Waals surface area contributed by atoms with Crippen molar-refractivity contribution in [2.24, 2.45) is 0 Å². The van der Waals surface area contributed by atoms with Crippen LogP contribution in [-0.2, 0) is 6.18 Å². The largest absolute Gasteiger partial charge is 0.434 e. The summed E-state index contributed by atoms with van der Waals surface area (Å²) in [5, 5.41) is 0. The summed E-state index contributed by atoms with van der Waals surface area (Å²) >= 11 is 0.632. The van der Waals surface area contributed by atoms with Gasteiger partial charge in [-0.15, -0.1) is 0 Å². The van der Waals surface area contributed by atoms with Gasteiger partial charge in [0.25, 0.3) is 0 Å². The summed E-state index contributed by atoms with van der Waals surface area (Å²) in [4.78, 5) is 18.1. The molecule has 1 fully saturated rings. The van der Waals surface area contributed by atoms with Gasteiger partial charge in [-0.3, -0.25) is 4.98 Å². The van der Waals surface area contributed by atoms with Crippen molar-refractivity contribution >= 4 is 34.6 Å². The van der Waals surface area contributed by atoms with Crippen LogP contribution in [0.2, 0.25) is 0 Å². The van der Waals surface area contributed by atoms with Crippen LogP contribution in [0.25, 0.3) is 22.3 Å². The fourth-order valence-corrected chi connectivity index (χ4v) is 5.29. The minimum atomic E-state index is -4.61. The third kappa shape index (κ3) is 7.36. The molecular formula is C28H31F4N7S. The third-order valence-electron chi connectivity index (χ3n) is 6.64. The number of anilines is 2. The molecule has 5 rings (SSSR count). The van der Waals surface area contributed by atoms with E-state index < -0.39 is 17.7 Å². The number of alkyl halides is 3. The number of aryl methyl sites for hydroxylation is 1. The number of fused-ring (bicyclic) bond motifs is 1. The van der Waals surface area contributed by atoms with Gasteiger partial charge in [-0.05, 0) is 81.7 Å². The molecule has 1 aromatic carbocycles. The summed E-state index contributed by atoms with van der Waals surface area (Å²) in [5.74, 6) is -0.512. The first-order valence-corrected chi connectivity index (χ1v) is 13.7. The van der Waals surface area contributed by atoms with Crippen molar-refractivity contribution in [1.29, 1.82) is 0 Å². The molecule has 3 N–H and O–H groups in total. The molecule has 1 saturated carbocycles. The average molecular weight is 574 g/mol. The van der Waals surface area contributed by atoms with Crippen LogP contribution in [0.15, 0.2) is 53.7 Å². The van der Waals surface area contributed by atoms with Crippen molar-refractivity contribution in [1.82, 2.24) is 24.8 Å². The molecule has 0 saturated heterocycles. The molecule has 7 nitrogen and oxygen atoms in total. The van der Waals surface area contributed by atoms with Gasteiger partial charge >= 0.3 is 6.18 Å². The molecular weight excluding hydrogens is 542 g/mol. The highest BCUT2D eigenvalue weighted by Gasteiger charge is 2.35. The van der Waals surface area contributed by atoms with Crippen LogP contribution in [-0.4, -0.2) is 45.0 Å². The highest BCUT2D eigenvalue weighted by molar-refractivity contribution is 8.00. The van der Waals surface area contributed by atoms with Crippen molar-refractivity contribution in [3.63, 3.8) is 0 Å². The van der Waals surface area contributed by atoms with E-state index in [-0.39, 0.29) is 16.5 Å². The van der Waals surface area contributed by atoms with Crippen molar-refractivity contribution in [3.8, 4) is 11.3 Å². The monoisotopic (exact) mass is 573 g/mol. The Bertz CT molecular complexity index is 1460. The summed E-state index contributed by atoms with van der Waals surface area (Å²) in [5.41, 5.74) is 7.50. The van der Waals surface area contributed by atoms with Gasteiger partial charge in [0.05, 0.1) is 28.0 Å². The van der Waals surface area contributed by atoms with Gasteiger partial charge in [0.1, 0.15) is 11.3 Å². The van der Waals surface area contributed by atoms with Crippen molar-refractivity contribution < 1.29 is 17.6 Å². The minimum Gasteiger partial charge on any atom is -0.368 e. The third-order valence-corrected chi connectivity index (χ3v) is 7.51. The van der Waals surface area contributed by atoms with Crippen LogP contribution in [0, 0.1) is 12.7 Å². The van der Waals surface area contributed by atoms with Gasteiger partial charge in [-0.1, -0.05) is 25.3 Å². The van der Waals surface area contributed by atoms with Crippen molar-refractivity contribution in [3.05, 3.63) is 65.9 Å². The number of aromatic nitrogens is 4. The number of rotatable bonds is 5. The summed E-state index contributed by atoms with van der Waals surface area (Å²) in [6, 6.07) is 9.58. The number of pyridine rings is 2. The first-order valence-electron chi connectivity index (χ1n) is 12.8. The van der Waals surface area contributed by atoms with Gasteiger partial charge in [-0.2, -0.15) is 13.2 Å². The van der Waals surface area contributed by atoms with Crippen LogP contribution in [0.5, 0.6) is 0 Å². The number of hydrogen-bond acceptors (Lipinski definition) is 8. The average Bonchev–Trinajstić information content (AvgIpc) is 2.93. The second-order valence-corrected chi connectivity index (χ2v) is 10.6. The predicted molar refractivity (Wildman–Crippen MR) is 151 cm³/mol. The normalized spacial score (nSPS) is 14.2. The molecule has 4 aromatic rings. The van der Waals surface area contributed by atoms with E-state index in [4.69, 9.17) is 5.73 Å². The van der Waals surface area contributed by atoms with Crippen LogP contribution in [0.4, 0.5) is 29.2 Å². The van der Waals surface area contributed by atoms with E-state index in [2.05, 4.69) is 43.7 Å². The minimum absolute atomic E-state index is 0.0272. The molecule has 40 heavy (non-hydrogen) atoms. The van der Waals surface area contributed by atoms with E-state index in [1.165, 1.54) is 62.6 Å². The van der Waals surface area contributed by atoms with Gasteiger partial charge in [-0.25, -0.2) is 19.3 Å². The number of nitrogens with one attached hydrogen (secondary N) is 1. The highest BCUT2D eigenvalue weighted by Crippen LogP contribution is 2.36. The zero-order valence-electron chi connectivity index (χ0n) is 22.5. The zero-order valence-corrected chi connectivity index (χ0v) is 23.3. The lowest BCUT2D eigenvalue weighted by Gasteiger charge is -2.27. The van der Waals surface area contributed by atoms with Crippen LogP contribution >= 0.6 is 11.9 Å². The molecule has 0 bridgehead atoms. The van der Waals surface area contributed by atoms with E-state index >= 15 is 0 Å². The number of nitrogens with zero attached hydrogens (tertiary/aromatic N) is 5. The second-order valence-electron chi connectivity index (χ2n) is 9.79. The molecule has 1 aliphatic carbocycles. The molecule has 0 amide bonds. The lowest BCUT2D eigenvalue weighted by atomic mass is 9.95. The molecule has 3 heterocycles. The summed E-state index contributed by atoms with van der Waals surface area (Å²) in [6.45, 7) is 1.83. The fourth-order valence-electron chi connectivity index (χ4n) is 4.49. The molecule has 3 aromatic heterocycles. The molecule has 0 unspecified atom stereocenters. The Morgan fingerprint density at radius 3 is 2.42 bits per heavy atom. The molecule has 0 radical (unpaired) electrons. The SMILES string of the molecule is CN(C)C1CCCCC1.Cc1cc(-c2ccc(NSc3cccnc3C(F)(F)F)c(F)c2)nc2cnc(N)nc12. The van der Waals surface area contributed by atoms with Crippen LogP contribution in [0.1, 0.15) is 43.4 Å². The number of nitrogens with two attached hydrogens (primary N) is 1. The maximum Gasteiger partial charge on any atom is 0.434 e. The number of nitrogen functional groups attached to an aromatic ring is 1. The van der Waals surface area contributed by atoms with E-state index in [1.54, 1.807) is 12.1 Å². The number of hydrogen-bond donors (Lipinski definition) is 2. The second kappa shape index (κ2) is 12.8. The maximum atomic E-state index is 14.7. The molecule has 12 heteroatoms. The van der Waals surface area contributed by atoms with Gasteiger partial charge in [0, 0.05) is 17.8 Å². The predicted octanol–water partition coefficient (Wildman–Crippen LogP) is 7.14. The Morgan fingerprint density at radius 2 is 1.77 bits per heavy atom. The maximum absolute atomic E-state index is 14.7. The van der Waals surface area contributed by atoms with Gasteiger partial charge in [0.2, 0.25) is 5.95 Å². The Balaban J connectivity index is 0.000000350. The molecule has 1 aliphatic rings. The lowest BCUT2D eigenvalue weighted by Crippen LogP contribution is -2.29. The van der Waals surface area contributed by atoms with Crippen LogP contribution < -0.4 is 10.5 Å². The fraction of sp³-hybridized carbons (Fsp3) is 0.357. The summed E-state index contributed by atoms with van der Waals surface area (Å²) < 4.78 is 56.5. The number of benzene rings is 1.